The summed E-state index contributed by atoms with van der Waals surface area (Å²) in [5.74, 6) is 0.274. The zero-order chi connectivity index (χ0) is 14.7. The van der Waals surface area contributed by atoms with Gasteiger partial charge in [-0.3, -0.25) is 4.79 Å². The molecule has 1 saturated carbocycles. The number of nitrogens with one attached hydrogen (secondary N) is 1. The SMILES string of the molecule is O=C(NC1CCCCC1)c1coc(-c2cccc(O)c2)n1. The monoisotopic (exact) mass is 286 g/mol. The van der Waals surface area contributed by atoms with Crippen LogP contribution in [-0.4, -0.2) is 22.0 Å². The highest BCUT2D eigenvalue weighted by atomic mass is 16.3. The van der Waals surface area contributed by atoms with E-state index in [0.29, 0.717) is 11.5 Å². The van der Waals surface area contributed by atoms with Crippen molar-refractivity contribution in [3.8, 4) is 17.2 Å². The predicted molar refractivity (Wildman–Crippen MR) is 77.9 cm³/mol. The van der Waals surface area contributed by atoms with Crippen LogP contribution in [0.4, 0.5) is 0 Å². The molecule has 21 heavy (non-hydrogen) atoms. The van der Waals surface area contributed by atoms with Crippen LogP contribution in [0.5, 0.6) is 5.75 Å². The maximum Gasteiger partial charge on any atom is 0.273 e. The summed E-state index contributed by atoms with van der Waals surface area (Å²) in [5.41, 5.74) is 0.922. The van der Waals surface area contributed by atoms with Crippen molar-refractivity contribution in [1.82, 2.24) is 10.3 Å². The molecule has 3 rings (SSSR count). The maximum absolute atomic E-state index is 12.1. The van der Waals surface area contributed by atoms with Gasteiger partial charge in [0.05, 0.1) is 0 Å². The lowest BCUT2D eigenvalue weighted by atomic mass is 9.95. The number of nitrogens with zero attached hydrogens (tertiary/aromatic N) is 1. The van der Waals surface area contributed by atoms with E-state index in [1.165, 1.54) is 12.7 Å². The van der Waals surface area contributed by atoms with Crippen LogP contribution < -0.4 is 5.32 Å². The van der Waals surface area contributed by atoms with Crippen molar-refractivity contribution >= 4 is 5.91 Å². The lowest BCUT2D eigenvalue weighted by molar-refractivity contribution is 0.0922. The first-order valence-electron chi connectivity index (χ1n) is 7.28. The van der Waals surface area contributed by atoms with Gasteiger partial charge in [-0.15, -0.1) is 0 Å². The number of aromatic nitrogens is 1. The van der Waals surface area contributed by atoms with E-state index in [9.17, 15) is 9.90 Å². The molecule has 1 fully saturated rings. The van der Waals surface area contributed by atoms with Crippen molar-refractivity contribution in [2.24, 2.45) is 0 Å². The second kappa shape index (κ2) is 5.99. The molecule has 1 aromatic heterocycles. The van der Waals surface area contributed by atoms with E-state index >= 15 is 0 Å². The Morgan fingerprint density at radius 3 is 2.86 bits per heavy atom. The molecule has 2 aromatic rings. The van der Waals surface area contributed by atoms with Gasteiger partial charge in [-0.05, 0) is 31.0 Å². The summed E-state index contributed by atoms with van der Waals surface area (Å²) in [6.45, 7) is 0. The zero-order valence-corrected chi connectivity index (χ0v) is 11.7. The number of oxazole rings is 1. The number of rotatable bonds is 3. The summed E-state index contributed by atoms with van der Waals surface area (Å²) >= 11 is 0. The second-order valence-electron chi connectivity index (χ2n) is 5.40. The molecule has 0 radical (unpaired) electrons. The Morgan fingerprint density at radius 2 is 2.10 bits per heavy atom. The fraction of sp³-hybridized carbons (Fsp3) is 0.375. The van der Waals surface area contributed by atoms with Crippen LogP contribution in [0.3, 0.4) is 0 Å². The van der Waals surface area contributed by atoms with Crippen LogP contribution in [0.15, 0.2) is 34.9 Å². The molecule has 1 aromatic carbocycles. The van der Waals surface area contributed by atoms with Crippen LogP contribution in [0, 0.1) is 0 Å². The Bertz CT molecular complexity index is 630. The normalized spacial score (nSPS) is 15.8. The summed E-state index contributed by atoms with van der Waals surface area (Å²) < 4.78 is 5.33. The lowest BCUT2D eigenvalue weighted by Gasteiger charge is -2.22. The van der Waals surface area contributed by atoms with Gasteiger partial charge in [-0.25, -0.2) is 4.98 Å². The van der Waals surface area contributed by atoms with E-state index in [0.717, 1.165) is 25.7 Å². The molecule has 1 amide bonds. The van der Waals surface area contributed by atoms with Crippen LogP contribution >= 0.6 is 0 Å². The quantitative estimate of drug-likeness (QED) is 0.909. The minimum Gasteiger partial charge on any atom is -0.508 e. The molecule has 0 aliphatic heterocycles. The van der Waals surface area contributed by atoms with Crippen LogP contribution in [-0.2, 0) is 0 Å². The summed E-state index contributed by atoms with van der Waals surface area (Å²) in [6.07, 6.45) is 7.00. The van der Waals surface area contributed by atoms with Gasteiger partial charge >= 0.3 is 0 Å². The molecule has 1 heterocycles. The van der Waals surface area contributed by atoms with Gasteiger partial charge in [0.2, 0.25) is 5.89 Å². The highest BCUT2D eigenvalue weighted by molar-refractivity contribution is 5.92. The molecule has 0 saturated heterocycles. The Kier molecular flexibility index (Phi) is 3.90. The summed E-state index contributed by atoms with van der Waals surface area (Å²) in [6, 6.07) is 6.84. The van der Waals surface area contributed by atoms with E-state index in [1.54, 1.807) is 24.3 Å². The van der Waals surface area contributed by atoms with Crippen molar-refractivity contribution in [2.75, 3.05) is 0 Å². The molecule has 5 nitrogen and oxygen atoms in total. The molecule has 5 heteroatoms. The van der Waals surface area contributed by atoms with E-state index < -0.39 is 0 Å². The molecule has 0 atom stereocenters. The van der Waals surface area contributed by atoms with Gasteiger partial charge in [0.25, 0.3) is 5.91 Å². The molecule has 0 unspecified atom stereocenters. The standard InChI is InChI=1S/C16H18N2O3/c19-13-8-4-5-11(9-13)16-18-14(10-21-16)15(20)17-12-6-2-1-3-7-12/h4-5,8-10,12,19H,1-3,6-7H2,(H,17,20). The van der Waals surface area contributed by atoms with Gasteiger partial charge in [0.15, 0.2) is 5.69 Å². The highest BCUT2D eigenvalue weighted by Crippen LogP contribution is 2.23. The summed E-state index contributed by atoms with van der Waals surface area (Å²) in [7, 11) is 0. The summed E-state index contributed by atoms with van der Waals surface area (Å²) in [5, 5.41) is 12.5. The molecule has 0 spiro atoms. The number of carbonyl (C=O) groups is 1. The third-order valence-corrected chi connectivity index (χ3v) is 3.77. The van der Waals surface area contributed by atoms with Crippen molar-refractivity contribution in [2.45, 2.75) is 38.1 Å². The van der Waals surface area contributed by atoms with Crippen molar-refractivity contribution < 1.29 is 14.3 Å². The minimum absolute atomic E-state index is 0.138. The number of phenols is 1. The molecule has 2 N–H and O–H groups in total. The first kappa shape index (κ1) is 13.7. The average Bonchev–Trinajstić information content (AvgIpc) is 2.98. The van der Waals surface area contributed by atoms with E-state index in [1.807, 2.05) is 0 Å². The zero-order valence-electron chi connectivity index (χ0n) is 11.7. The number of hydrogen-bond donors (Lipinski definition) is 2. The number of hydrogen-bond acceptors (Lipinski definition) is 4. The third-order valence-electron chi connectivity index (χ3n) is 3.77. The Labute approximate surface area is 123 Å². The minimum atomic E-state index is -0.197. The number of phenolic OH excluding ortho intramolecular Hbond substituents is 1. The molecular formula is C16H18N2O3. The Balaban J connectivity index is 1.70. The molecule has 1 aliphatic rings. The van der Waals surface area contributed by atoms with Gasteiger partial charge in [-0.2, -0.15) is 0 Å². The van der Waals surface area contributed by atoms with Crippen LogP contribution in [0.1, 0.15) is 42.6 Å². The Morgan fingerprint density at radius 1 is 1.29 bits per heavy atom. The van der Waals surface area contributed by atoms with Crippen molar-refractivity contribution in [3.05, 3.63) is 36.2 Å². The number of benzene rings is 1. The molecule has 1 aliphatic carbocycles. The fourth-order valence-electron chi connectivity index (χ4n) is 2.66. The maximum atomic E-state index is 12.1. The number of aromatic hydroxyl groups is 1. The third kappa shape index (κ3) is 3.24. The van der Waals surface area contributed by atoms with E-state index in [4.69, 9.17) is 4.42 Å². The molecule has 0 bridgehead atoms. The van der Waals surface area contributed by atoms with Crippen molar-refractivity contribution in [1.29, 1.82) is 0 Å². The Hall–Kier alpha value is -2.30. The second-order valence-corrected chi connectivity index (χ2v) is 5.40. The molecule has 110 valence electrons. The van der Waals surface area contributed by atoms with Crippen LogP contribution in [0.2, 0.25) is 0 Å². The lowest BCUT2D eigenvalue weighted by Crippen LogP contribution is -2.36. The summed E-state index contributed by atoms with van der Waals surface area (Å²) in [4.78, 5) is 16.3. The van der Waals surface area contributed by atoms with Gasteiger partial charge in [0, 0.05) is 11.6 Å². The van der Waals surface area contributed by atoms with Gasteiger partial charge < -0.3 is 14.8 Å². The van der Waals surface area contributed by atoms with Crippen LogP contribution in [0.25, 0.3) is 11.5 Å². The highest BCUT2D eigenvalue weighted by Gasteiger charge is 2.19. The van der Waals surface area contributed by atoms with Gasteiger partial charge in [-0.1, -0.05) is 25.3 Å². The number of carbonyl (C=O) groups excluding carboxylic acids is 1. The molecular weight excluding hydrogens is 268 g/mol. The number of amides is 1. The smallest absolute Gasteiger partial charge is 0.273 e. The predicted octanol–water partition coefficient (Wildman–Crippen LogP) is 3.11. The first-order chi connectivity index (χ1) is 10.2. The van der Waals surface area contributed by atoms with E-state index in [2.05, 4.69) is 10.3 Å². The fourth-order valence-corrected chi connectivity index (χ4v) is 2.66. The van der Waals surface area contributed by atoms with Crippen molar-refractivity contribution in [3.63, 3.8) is 0 Å². The topological polar surface area (TPSA) is 75.4 Å². The largest absolute Gasteiger partial charge is 0.508 e. The first-order valence-corrected chi connectivity index (χ1v) is 7.28. The van der Waals surface area contributed by atoms with Gasteiger partial charge in [0.1, 0.15) is 12.0 Å². The van der Waals surface area contributed by atoms with E-state index in [-0.39, 0.29) is 23.4 Å². The average molecular weight is 286 g/mol.